The molecule has 0 radical (unpaired) electrons. The van der Waals surface area contributed by atoms with Gasteiger partial charge in [0.2, 0.25) is 0 Å². The van der Waals surface area contributed by atoms with Crippen molar-refractivity contribution in [1.29, 1.82) is 0 Å². The number of hydrogen-bond acceptors (Lipinski definition) is 3. The van der Waals surface area contributed by atoms with E-state index in [0.29, 0.717) is 5.02 Å². The summed E-state index contributed by atoms with van der Waals surface area (Å²) in [5.41, 5.74) is 1.73. The summed E-state index contributed by atoms with van der Waals surface area (Å²) in [4.78, 5) is 4.40. The molecule has 0 amide bonds. The lowest BCUT2D eigenvalue weighted by Gasteiger charge is -2.19. The summed E-state index contributed by atoms with van der Waals surface area (Å²) < 4.78 is 5.63. The van der Waals surface area contributed by atoms with Crippen LogP contribution in [0.1, 0.15) is 26.7 Å². The van der Waals surface area contributed by atoms with Crippen molar-refractivity contribution >= 4 is 22.7 Å². The molecule has 0 aliphatic carbocycles. The van der Waals surface area contributed by atoms with Crippen LogP contribution in [-0.2, 0) is 6.42 Å². The Kier molecular flexibility index (Phi) is 3.40. The predicted octanol–water partition coefficient (Wildman–Crippen LogP) is 3.41. The molecule has 0 atom stereocenters. The van der Waals surface area contributed by atoms with Gasteiger partial charge in [-0.15, -0.1) is 0 Å². The van der Waals surface area contributed by atoms with Crippen LogP contribution in [0.3, 0.4) is 0 Å². The van der Waals surface area contributed by atoms with Crippen molar-refractivity contribution in [3.8, 4) is 0 Å². The molecule has 2 aromatic rings. The smallest absolute Gasteiger partial charge is 0.196 e. The average Bonchev–Trinajstić information content (AvgIpc) is 2.57. The third-order valence-corrected chi connectivity index (χ3v) is 2.62. The molecule has 1 heterocycles. The van der Waals surface area contributed by atoms with Gasteiger partial charge in [0.25, 0.3) is 0 Å². The van der Waals surface area contributed by atoms with E-state index in [4.69, 9.17) is 16.0 Å². The summed E-state index contributed by atoms with van der Waals surface area (Å²) in [6.07, 6.45) is 0.781. The second-order valence-corrected chi connectivity index (χ2v) is 5.58. The molecule has 1 aromatic heterocycles. The lowest BCUT2D eigenvalue weighted by Crippen LogP contribution is -2.37. The lowest BCUT2D eigenvalue weighted by molar-refractivity contribution is 0.414. The third-order valence-electron chi connectivity index (χ3n) is 2.39. The first-order valence-corrected chi connectivity index (χ1v) is 6.12. The van der Waals surface area contributed by atoms with Gasteiger partial charge in [-0.25, -0.2) is 4.98 Å². The van der Waals surface area contributed by atoms with Crippen molar-refractivity contribution in [3.63, 3.8) is 0 Å². The van der Waals surface area contributed by atoms with Gasteiger partial charge in [-0.2, -0.15) is 0 Å². The zero-order valence-electron chi connectivity index (χ0n) is 10.4. The molecule has 3 nitrogen and oxygen atoms in total. The van der Waals surface area contributed by atoms with E-state index < -0.39 is 0 Å². The Morgan fingerprint density at radius 2 is 2.12 bits per heavy atom. The van der Waals surface area contributed by atoms with Crippen LogP contribution in [0.15, 0.2) is 22.6 Å². The first-order chi connectivity index (χ1) is 7.94. The van der Waals surface area contributed by atoms with Crippen LogP contribution < -0.4 is 5.32 Å². The van der Waals surface area contributed by atoms with Gasteiger partial charge in [-0.05, 0) is 39.0 Å². The molecule has 1 N–H and O–H groups in total. The predicted molar refractivity (Wildman–Crippen MR) is 70.5 cm³/mol. The summed E-state index contributed by atoms with van der Waals surface area (Å²) in [7, 11) is 0. The number of halogens is 1. The number of aromatic nitrogens is 1. The van der Waals surface area contributed by atoms with E-state index in [1.807, 2.05) is 18.2 Å². The highest BCUT2D eigenvalue weighted by atomic mass is 35.5. The van der Waals surface area contributed by atoms with Gasteiger partial charge in [0, 0.05) is 23.5 Å². The number of nitrogens with zero attached hydrogens (tertiary/aromatic N) is 1. The van der Waals surface area contributed by atoms with E-state index in [1.165, 1.54) is 0 Å². The van der Waals surface area contributed by atoms with E-state index >= 15 is 0 Å². The summed E-state index contributed by atoms with van der Waals surface area (Å²) in [6, 6.07) is 5.48. The molecule has 0 aliphatic heterocycles. The average molecular weight is 253 g/mol. The molecule has 17 heavy (non-hydrogen) atoms. The molecular weight excluding hydrogens is 236 g/mol. The molecule has 0 saturated carbocycles. The Balaban J connectivity index is 2.05. The van der Waals surface area contributed by atoms with Crippen molar-refractivity contribution in [3.05, 3.63) is 29.1 Å². The SMILES string of the molecule is CC(C)(C)NCCc1nc2cc(Cl)ccc2o1. The molecule has 0 spiro atoms. The fourth-order valence-electron chi connectivity index (χ4n) is 1.60. The summed E-state index contributed by atoms with van der Waals surface area (Å²) in [5, 5.41) is 4.09. The van der Waals surface area contributed by atoms with E-state index in [1.54, 1.807) is 0 Å². The molecule has 0 fully saturated rings. The Labute approximate surface area is 106 Å². The van der Waals surface area contributed by atoms with Crippen LogP contribution in [0, 0.1) is 0 Å². The molecule has 0 saturated heterocycles. The maximum absolute atomic E-state index is 5.90. The molecule has 1 aromatic carbocycles. The summed E-state index contributed by atoms with van der Waals surface area (Å²) in [5.74, 6) is 0.749. The monoisotopic (exact) mass is 252 g/mol. The van der Waals surface area contributed by atoms with Crippen molar-refractivity contribution in [2.75, 3.05) is 6.54 Å². The van der Waals surface area contributed by atoms with Crippen LogP contribution in [0.2, 0.25) is 5.02 Å². The van der Waals surface area contributed by atoms with E-state index in [0.717, 1.165) is 30.0 Å². The number of benzene rings is 1. The van der Waals surface area contributed by atoms with E-state index in [9.17, 15) is 0 Å². The zero-order valence-corrected chi connectivity index (χ0v) is 11.1. The van der Waals surface area contributed by atoms with Crippen LogP contribution in [0.5, 0.6) is 0 Å². The normalized spacial score (nSPS) is 12.2. The molecular formula is C13H17ClN2O. The first kappa shape index (κ1) is 12.4. The summed E-state index contributed by atoms with van der Waals surface area (Å²) in [6.45, 7) is 7.26. The molecule has 2 rings (SSSR count). The molecule has 0 unspecified atom stereocenters. The maximum atomic E-state index is 5.90. The highest BCUT2D eigenvalue weighted by molar-refractivity contribution is 6.31. The standard InChI is InChI=1S/C13H17ClN2O/c1-13(2,3)15-7-6-12-16-10-8-9(14)4-5-11(10)17-12/h4-5,8,15H,6-7H2,1-3H3. The number of rotatable bonds is 3. The topological polar surface area (TPSA) is 38.1 Å². The maximum Gasteiger partial charge on any atom is 0.196 e. The second kappa shape index (κ2) is 4.67. The van der Waals surface area contributed by atoms with Gasteiger partial charge < -0.3 is 9.73 Å². The van der Waals surface area contributed by atoms with Gasteiger partial charge in [-0.3, -0.25) is 0 Å². The minimum Gasteiger partial charge on any atom is -0.441 e. The van der Waals surface area contributed by atoms with Crippen LogP contribution >= 0.6 is 11.6 Å². The van der Waals surface area contributed by atoms with Crippen molar-refractivity contribution < 1.29 is 4.42 Å². The number of fused-ring (bicyclic) bond motifs is 1. The van der Waals surface area contributed by atoms with Gasteiger partial charge in [0.05, 0.1) is 0 Å². The Bertz CT molecular complexity index is 514. The highest BCUT2D eigenvalue weighted by Crippen LogP contribution is 2.20. The van der Waals surface area contributed by atoms with Crippen LogP contribution in [0.25, 0.3) is 11.1 Å². The fourth-order valence-corrected chi connectivity index (χ4v) is 1.77. The van der Waals surface area contributed by atoms with E-state index in [2.05, 4.69) is 31.1 Å². The number of hydrogen-bond donors (Lipinski definition) is 1. The van der Waals surface area contributed by atoms with Gasteiger partial charge in [0.15, 0.2) is 11.5 Å². The minimum atomic E-state index is 0.120. The number of nitrogens with one attached hydrogen (secondary N) is 1. The van der Waals surface area contributed by atoms with Gasteiger partial charge >= 0.3 is 0 Å². The molecule has 92 valence electrons. The third kappa shape index (κ3) is 3.45. The highest BCUT2D eigenvalue weighted by Gasteiger charge is 2.10. The number of oxazole rings is 1. The quantitative estimate of drug-likeness (QED) is 0.910. The zero-order chi connectivity index (χ0) is 12.5. The minimum absolute atomic E-state index is 0.120. The Morgan fingerprint density at radius 1 is 1.35 bits per heavy atom. The molecule has 4 heteroatoms. The van der Waals surface area contributed by atoms with Crippen molar-refractivity contribution in [2.45, 2.75) is 32.7 Å². The lowest BCUT2D eigenvalue weighted by atomic mass is 10.1. The van der Waals surface area contributed by atoms with Crippen molar-refractivity contribution in [2.24, 2.45) is 0 Å². The fraction of sp³-hybridized carbons (Fsp3) is 0.462. The van der Waals surface area contributed by atoms with Crippen LogP contribution in [-0.4, -0.2) is 17.1 Å². The van der Waals surface area contributed by atoms with Gasteiger partial charge in [-0.1, -0.05) is 11.6 Å². The Morgan fingerprint density at radius 3 is 2.82 bits per heavy atom. The molecule has 0 aliphatic rings. The first-order valence-electron chi connectivity index (χ1n) is 5.74. The second-order valence-electron chi connectivity index (χ2n) is 5.15. The largest absolute Gasteiger partial charge is 0.441 e. The Hall–Kier alpha value is -1.06. The molecule has 0 bridgehead atoms. The van der Waals surface area contributed by atoms with Crippen LogP contribution in [0.4, 0.5) is 0 Å². The summed E-state index contributed by atoms with van der Waals surface area (Å²) >= 11 is 5.90. The van der Waals surface area contributed by atoms with Gasteiger partial charge in [0.1, 0.15) is 5.52 Å². The van der Waals surface area contributed by atoms with E-state index in [-0.39, 0.29) is 5.54 Å². The van der Waals surface area contributed by atoms with Crippen molar-refractivity contribution in [1.82, 2.24) is 10.3 Å².